The van der Waals surface area contributed by atoms with E-state index in [1.54, 1.807) is 12.1 Å². The van der Waals surface area contributed by atoms with E-state index in [4.69, 9.17) is 5.73 Å². The van der Waals surface area contributed by atoms with Crippen molar-refractivity contribution in [2.75, 3.05) is 14.1 Å². The summed E-state index contributed by atoms with van der Waals surface area (Å²) in [4.78, 5) is 2.06. The summed E-state index contributed by atoms with van der Waals surface area (Å²) < 4.78 is 14.2. The van der Waals surface area contributed by atoms with Crippen LogP contribution in [-0.2, 0) is 5.54 Å². The molecular formula is C16H25FN2. The first kappa shape index (κ1) is 15.9. The molecule has 19 heavy (non-hydrogen) atoms. The fourth-order valence-corrected chi connectivity index (χ4v) is 2.92. The third-order valence-corrected chi connectivity index (χ3v) is 3.57. The number of benzene rings is 1. The zero-order valence-electron chi connectivity index (χ0n) is 12.4. The van der Waals surface area contributed by atoms with Crippen LogP contribution in [0.2, 0.25) is 0 Å². The lowest BCUT2D eigenvalue weighted by molar-refractivity contribution is 0.165. The van der Waals surface area contributed by atoms with Crippen molar-refractivity contribution in [3.05, 3.63) is 47.8 Å². The molecule has 2 unspecified atom stereocenters. The molecule has 0 aliphatic heterocycles. The molecule has 1 aromatic carbocycles. The molecule has 2 N–H and O–H groups in total. The van der Waals surface area contributed by atoms with E-state index < -0.39 is 5.54 Å². The zero-order valence-corrected chi connectivity index (χ0v) is 12.4. The molecule has 2 nitrogen and oxygen atoms in total. The summed E-state index contributed by atoms with van der Waals surface area (Å²) in [5.74, 6) is -0.244. The van der Waals surface area contributed by atoms with E-state index in [1.807, 2.05) is 27.1 Å². The van der Waals surface area contributed by atoms with Crippen LogP contribution < -0.4 is 5.73 Å². The number of rotatable bonds is 6. The summed E-state index contributed by atoms with van der Waals surface area (Å²) >= 11 is 0. The molecule has 0 spiro atoms. The second-order valence-electron chi connectivity index (χ2n) is 5.54. The lowest BCUT2D eigenvalue weighted by Crippen LogP contribution is -2.54. The van der Waals surface area contributed by atoms with Crippen molar-refractivity contribution in [1.82, 2.24) is 4.90 Å². The second kappa shape index (κ2) is 6.31. The summed E-state index contributed by atoms with van der Waals surface area (Å²) in [6.45, 7) is 7.96. The first-order chi connectivity index (χ1) is 8.82. The quantitative estimate of drug-likeness (QED) is 0.799. The third kappa shape index (κ3) is 3.43. The van der Waals surface area contributed by atoms with Gasteiger partial charge in [-0.3, -0.25) is 0 Å². The van der Waals surface area contributed by atoms with E-state index in [0.717, 1.165) is 12.0 Å². The summed E-state index contributed by atoms with van der Waals surface area (Å²) in [5.41, 5.74) is 7.41. The maximum Gasteiger partial charge on any atom is 0.128 e. The van der Waals surface area contributed by atoms with Gasteiger partial charge in [-0.25, -0.2) is 4.39 Å². The molecular weight excluding hydrogens is 239 g/mol. The lowest BCUT2D eigenvalue weighted by Gasteiger charge is -2.41. The van der Waals surface area contributed by atoms with Crippen LogP contribution in [0.15, 0.2) is 36.4 Å². The molecule has 106 valence electrons. The topological polar surface area (TPSA) is 29.3 Å². The Morgan fingerprint density at radius 1 is 1.42 bits per heavy atom. The average Bonchev–Trinajstić information content (AvgIpc) is 2.28. The van der Waals surface area contributed by atoms with Crippen molar-refractivity contribution < 1.29 is 4.39 Å². The minimum atomic E-state index is -0.755. The molecule has 0 amide bonds. The highest BCUT2D eigenvalue weighted by Gasteiger charge is 2.38. The molecule has 0 aromatic heterocycles. The Morgan fingerprint density at radius 2 is 2.00 bits per heavy atom. The maximum absolute atomic E-state index is 14.2. The first-order valence-corrected chi connectivity index (χ1v) is 6.67. The Hall–Kier alpha value is -1.19. The highest BCUT2D eigenvalue weighted by molar-refractivity contribution is 5.30. The van der Waals surface area contributed by atoms with E-state index in [0.29, 0.717) is 12.0 Å². The highest BCUT2D eigenvalue weighted by atomic mass is 19.1. The van der Waals surface area contributed by atoms with Gasteiger partial charge in [0.05, 0.1) is 5.54 Å². The van der Waals surface area contributed by atoms with Gasteiger partial charge >= 0.3 is 0 Å². The van der Waals surface area contributed by atoms with Gasteiger partial charge in [0.2, 0.25) is 0 Å². The second-order valence-corrected chi connectivity index (χ2v) is 5.54. The van der Waals surface area contributed by atoms with E-state index in [9.17, 15) is 4.39 Å². The Bertz CT molecular complexity index is 442. The van der Waals surface area contributed by atoms with Crippen LogP contribution in [0.25, 0.3) is 0 Å². The Morgan fingerprint density at radius 3 is 2.42 bits per heavy atom. The summed E-state index contributed by atoms with van der Waals surface area (Å²) in [6, 6.07) is 6.83. The maximum atomic E-state index is 14.2. The molecule has 1 rings (SSSR count). The van der Waals surface area contributed by atoms with Crippen LogP contribution in [0.5, 0.6) is 0 Å². The SMILES string of the molecule is C=C(C)CC(N)(c1ccccc1F)C(CC)N(C)C. The Kier molecular flexibility index (Phi) is 5.27. The predicted molar refractivity (Wildman–Crippen MR) is 79.5 cm³/mol. The van der Waals surface area contributed by atoms with Crippen LogP contribution in [0, 0.1) is 5.82 Å². The van der Waals surface area contributed by atoms with E-state index in [2.05, 4.69) is 18.4 Å². The monoisotopic (exact) mass is 264 g/mol. The molecule has 0 bridgehead atoms. The Labute approximate surface area is 116 Å². The summed E-state index contributed by atoms with van der Waals surface area (Å²) in [5, 5.41) is 0. The molecule has 0 aliphatic carbocycles. The molecule has 0 radical (unpaired) electrons. The van der Waals surface area contributed by atoms with Gasteiger partial charge in [-0.05, 0) is 39.9 Å². The number of hydrogen-bond donors (Lipinski definition) is 1. The van der Waals surface area contributed by atoms with Crippen molar-refractivity contribution in [1.29, 1.82) is 0 Å². The van der Waals surface area contributed by atoms with Crippen molar-refractivity contribution in [3.63, 3.8) is 0 Å². The molecule has 3 heteroatoms. The molecule has 0 aliphatic rings. The predicted octanol–water partition coefficient (Wildman–Crippen LogP) is 3.29. The van der Waals surface area contributed by atoms with Gasteiger partial charge in [-0.2, -0.15) is 0 Å². The lowest BCUT2D eigenvalue weighted by atomic mass is 9.77. The van der Waals surface area contributed by atoms with Crippen molar-refractivity contribution >= 4 is 0 Å². The standard InChI is InChI=1S/C16H25FN2/c1-6-15(19(4)5)16(18,11-12(2)3)13-9-7-8-10-14(13)17/h7-10,15H,2,6,11,18H2,1,3-5H3. The average molecular weight is 264 g/mol. The van der Waals surface area contributed by atoms with Crippen molar-refractivity contribution in [2.24, 2.45) is 5.73 Å². The van der Waals surface area contributed by atoms with Crippen LogP contribution in [0.1, 0.15) is 32.3 Å². The van der Waals surface area contributed by atoms with Crippen molar-refractivity contribution in [3.8, 4) is 0 Å². The zero-order chi connectivity index (χ0) is 14.6. The minimum absolute atomic E-state index is 0.0566. The molecule has 0 saturated carbocycles. The molecule has 1 aromatic rings. The largest absolute Gasteiger partial charge is 0.320 e. The fraction of sp³-hybridized carbons (Fsp3) is 0.500. The van der Waals surface area contributed by atoms with Crippen LogP contribution >= 0.6 is 0 Å². The molecule has 0 saturated heterocycles. The van der Waals surface area contributed by atoms with Gasteiger partial charge in [0.25, 0.3) is 0 Å². The van der Waals surface area contributed by atoms with E-state index in [-0.39, 0.29) is 11.9 Å². The molecule has 0 heterocycles. The normalized spacial score (nSPS) is 16.2. The number of nitrogens with two attached hydrogens (primary N) is 1. The van der Waals surface area contributed by atoms with Gasteiger partial charge < -0.3 is 10.6 Å². The van der Waals surface area contributed by atoms with Crippen molar-refractivity contribution in [2.45, 2.75) is 38.3 Å². The number of nitrogens with zero attached hydrogens (tertiary/aromatic N) is 1. The van der Waals surface area contributed by atoms with Gasteiger partial charge in [0, 0.05) is 11.6 Å². The fourth-order valence-electron chi connectivity index (χ4n) is 2.92. The third-order valence-electron chi connectivity index (χ3n) is 3.57. The Balaban J connectivity index is 3.34. The number of halogens is 1. The number of hydrogen-bond acceptors (Lipinski definition) is 2. The smallest absolute Gasteiger partial charge is 0.128 e. The van der Waals surface area contributed by atoms with Gasteiger partial charge in [0.1, 0.15) is 5.82 Å². The minimum Gasteiger partial charge on any atom is -0.320 e. The molecule has 2 atom stereocenters. The van der Waals surface area contributed by atoms with Gasteiger partial charge in [-0.1, -0.05) is 30.7 Å². The number of likely N-dealkylation sites (N-methyl/N-ethyl adjacent to an activating group) is 1. The van der Waals surface area contributed by atoms with E-state index in [1.165, 1.54) is 6.07 Å². The van der Waals surface area contributed by atoms with Gasteiger partial charge in [0.15, 0.2) is 0 Å². The first-order valence-electron chi connectivity index (χ1n) is 6.67. The highest BCUT2D eigenvalue weighted by Crippen LogP contribution is 2.34. The van der Waals surface area contributed by atoms with Crippen LogP contribution in [0.3, 0.4) is 0 Å². The summed E-state index contributed by atoms with van der Waals surface area (Å²) in [7, 11) is 3.96. The summed E-state index contributed by atoms with van der Waals surface area (Å²) in [6.07, 6.45) is 1.43. The van der Waals surface area contributed by atoms with E-state index >= 15 is 0 Å². The molecule has 0 fully saturated rings. The van der Waals surface area contributed by atoms with Gasteiger partial charge in [-0.15, -0.1) is 6.58 Å². The van der Waals surface area contributed by atoms with Crippen LogP contribution in [0.4, 0.5) is 4.39 Å². The van der Waals surface area contributed by atoms with Crippen LogP contribution in [-0.4, -0.2) is 25.0 Å².